The third-order valence-corrected chi connectivity index (χ3v) is 5.70. The summed E-state index contributed by atoms with van der Waals surface area (Å²) in [6.45, 7) is 3.55. The van der Waals surface area contributed by atoms with Gasteiger partial charge in [-0.15, -0.1) is 0 Å². The van der Waals surface area contributed by atoms with Crippen molar-refractivity contribution in [3.8, 4) is 0 Å². The summed E-state index contributed by atoms with van der Waals surface area (Å²) in [5, 5.41) is 7.48. The van der Waals surface area contributed by atoms with Crippen LogP contribution in [0, 0.1) is 0 Å². The van der Waals surface area contributed by atoms with Crippen molar-refractivity contribution < 1.29 is 21.6 Å². The summed E-state index contributed by atoms with van der Waals surface area (Å²) in [4.78, 5) is 11.3. The molecule has 0 saturated heterocycles. The highest BCUT2D eigenvalue weighted by Gasteiger charge is 2.25. The number of primary sulfonamides is 1. The van der Waals surface area contributed by atoms with Gasteiger partial charge in [0.25, 0.3) is 0 Å². The van der Waals surface area contributed by atoms with E-state index in [2.05, 4.69) is 5.32 Å². The first kappa shape index (κ1) is 18.6. The number of amides is 1. The number of carbonyl (C=O) groups excluding carboxylic acids is 1. The van der Waals surface area contributed by atoms with Crippen LogP contribution in [0.3, 0.4) is 0 Å². The van der Waals surface area contributed by atoms with Gasteiger partial charge in [-0.05, 0) is 31.2 Å². The molecule has 0 aliphatic heterocycles. The zero-order valence-electron chi connectivity index (χ0n) is 12.3. The van der Waals surface area contributed by atoms with E-state index in [4.69, 9.17) is 5.14 Å². The van der Waals surface area contributed by atoms with Gasteiger partial charge in [0.1, 0.15) is 0 Å². The predicted molar refractivity (Wildman–Crippen MR) is 80.9 cm³/mol. The van der Waals surface area contributed by atoms with Gasteiger partial charge < -0.3 is 5.32 Å². The van der Waals surface area contributed by atoms with Crippen LogP contribution >= 0.6 is 0 Å². The van der Waals surface area contributed by atoms with Gasteiger partial charge in [-0.25, -0.2) is 22.0 Å². The van der Waals surface area contributed by atoms with Crippen molar-refractivity contribution in [2.75, 3.05) is 19.6 Å². The fraction of sp³-hybridized carbons (Fsp3) is 0.417. The molecule has 0 atom stereocenters. The molecule has 0 saturated carbocycles. The Kier molecular flexibility index (Phi) is 6.06. The number of hydrogen-bond acceptors (Lipinski definition) is 5. The van der Waals surface area contributed by atoms with Crippen LogP contribution in [0.5, 0.6) is 0 Å². The Morgan fingerprint density at radius 1 is 1.09 bits per heavy atom. The topological polar surface area (TPSA) is 127 Å². The van der Waals surface area contributed by atoms with E-state index in [1.54, 1.807) is 13.8 Å². The maximum atomic E-state index is 12.4. The quantitative estimate of drug-likeness (QED) is 0.685. The van der Waals surface area contributed by atoms with E-state index in [0.717, 1.165) is 28.6 Å². The van der Waals surface area contributed by atoms with Gasteiger partial charge in [-0.3, -0.25) is 4.79 Å². The SMILES string of the molecule is CCNC(=O)CN(CC)S(=O)(=O)c1ccc(S(N)(=O)=O)cc1. The molecule has 0 aliphatic rings. The lowest BCUT2D eigenvalue weighted by atomic mass is 10.4. The number of nitrogens with two attached hydrogens (primary N) is 1. The molecule has 1 aromatic rings. The molecular formula is C12H19N3O5S2. The molecule has 1 rings (SSSR count). The van der Waals surface area contributed by atoms with Crippen LogP contribution in [-0.2, 0) is 24.8 Å². The van der Waals surface area contributed by atoms with Crippen molar-refractivity contribution in [1.82, 2.24) is 9.62 Å². The number of sulfonamides is 2. The van der Waals surface area contributed by atoms with Gasteiger partial charge in [0.2, 0.25) is 26.0 Å². The van der Waals surface area contributed by atoms with Crippen LogP contribution in [0.2, 0.25) is 0 Å². The van der Waals surface area contributed by atoms with Crippen molar-refractivity contribution in [2.24, 2.45) is 5.14 Å². The second-order valence-corrected chi connectivity index (χ2v) is 7.90. The summed E-state index contributed by atoms with van der Waals surface area (Å²) >= 11 is 0. The smallest absolute Gasteiger partial charge is 0.243 e. The van der Waals surface area contributed by atoms with Gasteiger partial charge >= 0.3 is 0 Å². The summed E-state index contributed by atoms with van der Waals surface area (Å²) in [5.74, 6) is -0.408. The zero-order valence-corrected chi connectivity index (χ0v) is 13.9. The second kappa shape index (κ2) is 7.18. The van der Waals surface area contributed by atoms with Gasteiger partial charge in [0.05, 0.1) is 16.3 Å². The first-order chi connectivity index (χ1) is 10.1. The minimum atomic E-state index is -3.89. The van der Waals surface area contributed by atoms with Crippen LogP contribution in [0.25, 0.3) is 0 Å². The normalized spacial score (nSPS) is 12.4. The van der Waals surface area contributed by atoms with Crippen LogP contribution in [-0.4, -0.2) is 46.7 Å². The molecule has 0 unspecified atom stereocenters. The molecule has 0 radical (unpaired) electrons. The first-order valence-electron chi connectivity index (χ1n) is 6.52. The molecule has 0 spiro atoms. The number of hydrogen-bond donors (Lipinski definition) is 2. The Morgan fingerprint density at radius 2 is 1.59 bits per heavy atom. The van der Waals surface area contributed by atoms with Gasteiger partial charge in [-0.2, -0.15) is 4.31 Å². The fourth-order valence-electron chi connectivity index (χ4n) is 1.73. The van der Waals surface area contributed by atoms with Crippen LogP contribution in [0.4, 0.5) is 0 Å². The molecule has 1 aromatic carbocycles. The molecule has 0 aliphatic carbocycles. The predicted octanol–water partition coefficient (Wildman–Crippen LogP) is -0.519. The molecule has 124 valence electrons. The Morgan fingerprint density at radius 3 is 2.00 bits per heavy atom. The van der Waals surface area contributed by atoms with Crippen LogP contribution in [0.1, 0.15) is 13.8 Å². The van der Waals surface area contributed by atoms with E-state index in [1.807, 2.05) is 0 Å². The molecular weight excluding hydrogens is 330 g/mol. The van der Waals surface area contributed by atoms with E-state index in [1.165, 1.54) is 0 Å². The lowest BCUT2D eigenvalue weighted by molar-refractivity contribution is -0.121. The number of rotatable bonds is 7. The monoisotopic (exact) mass is 349 g/mol. The van der Waals surface area contributed by atoms with E-state index < -0.39 is 26.0 Å². The summed E-state index contributed by atoms with van der Waals surface area (Å²) in [6.07, 6.45) is 0. The van der Waals surface area contributed by atoms with Crippen molar-refractivity contribution in [3.05, 3.63) is 24.3 Å². The lowest BCUT2D eigenvalue weighted by Crippen LogP contribution is -2.40. The maximum absolute atomic E-state index is 12.4. The van der Waals surface area contributed by atoms with Crippen molar-refractivity contribution in [3.63, 3.8) is 0 Å². The Labute approximate surface area is 130 Å². The van der Waals surface area contributed by atoms with Crippen molar-refractivity contribution in [2.45, 2.75) is 23.6 Å². The molecule has 3 N–H and O–H groups in total. The van der Waals surface area contributed by atoms with Gasteiger partial charge in [0, 0.05) is 13.1 Å². The zero-order chi connectivity index (χ0) is 17.0. The van der Waals surface area contributed by atoms with Crippen LogP contribution < -0.4 is 10.5 Å². The standard InChI is InChI=1S/C12H19N3O5S2/c1-3-14-12(16)9-15(4-2)22(19,20)11-7-5-10(6-8-11)21(13,17)18/h5-8H,3-4,9H2,1-2H3,(H,14,16)(H2,13,17,18). The third kappa shape index (κ3) is 4.50. The van der Waals surface area contributed by atoms with Crippen LogP contribution in [0.15, 0.2) is 34.1 Å². The molecule has 0 aromatic heterocycles. The van der Waals surface area contributed by atoms with Gasteiger partial charge in [0.15, 0.2) is 0 Å². The van der Waals surface area contributed by atoms with Crippen molar-refractivity contribution in [1.29, 1.82) is 0 Å². The third-order valence-electron chi connectivity index (χ3n) is 2.84. The fourth-order valence-corrected chi connectivity index (χ4v) is 3.65. The molecule has 8 nitrogen and oxygen atoms in total. The van der Waals surface area contributed by atoms with E-state index in [-0.39, 0.29) is 22.9 Å². The highest BCUT2D eigenvalue weighted by molar-refractivity contribution is 7.89. The first-order valence-corrected chi connectivity index (χ1v) is 9.51. The van der Waals surface area contributed by atoms with Gasteiger partial charge in [-0.1, -0.05) is 6.92 Å². The average Bonchev–Trinajstić information content (AvgIpc) is 2.44. The Hall–Kier alpha value is -1.49. The molecule has 0 fully saturated rings. The highest BCUT2D eigenvalue weighted by atomic mass is 32.2. The molecule has 0 bridgehead atoms. The second-order valence-electron chi connectivity index (χ2n) is 4.40. The molecule has 22 heavy (non-hydrogen) atoms. The minimum Gasteiger partial charge on any atom is -0.355 e. The summed E-state index contributed by atoms with van der Waals surface area (Å²) < 4.78 is 48.2. The lowest BCUT2D eigenvalue weighted by Gasteiger charge is -2.20. The average molecular weight is 349 g/mol. The molecule has 0 heterocycles. The van der Waals surface area contributed by atoms with E-state index in [0.29, 0.717) is 6.54 Å². The number of carbonyl (C=O) groups is 1. The van der Waals surface area contributed by atoms with E-state index >= 15 is 0 Å². The summed E-state index contributed by atoms with van der Waals surface area (Å²) in [6, 6.07) is 4.52. The maximum Gasteiger partial charge on any atom is 0.243 e. The Bertz CT molecular complexity index is 727. The largest absolute Gasteiger partial charge is 0.355 e. The number of nitrogens with zero attached hydrogens (tertiary/aromatic N) is 1. The Balaban J connectivity index is 3.08. The number of benzene rings is 1. The van der Waals surface area contributed by atoms with E-state index in [9.17, 15) is 21.6 Å². The number of likely N-dealkylation sites (N-methyl/N-ethyl adjacent to an activating group) is 2. The number of nitrogens with one attached hydrogen (secondary N) is 1. The summed E-state index contributed by atoms with van der Waals surface area (Å²) in [7, 11) is -7.78. The minimum absolute atomic E-state index is 0.106. The highest BCUT2D eigenvalue weighted by Crippen LogP contribution is 2.17. The summed E-state index contributed by atoms with van der Waals surface area (Å²) in [5.41, 5.74) is 0. The molecule has 10 heteroatoms. The van der Waals surface area contributed by atoms with Crippen molar-refractivity contribution >= 4 is 26.0 Å². The molecule has 1 amide bonds.